The van der Waals surface area contributed by atoms with E-state index in [4.69, 9.17) is 4.84 Å². The van der Waals surface area contributed by atoms with Gasteiger partial charge in [0, 0.05) is 4.88 Å². The maximum absolute atomic E-state index is 11.8. The molecule has 0 bridgehead atoms. The fraction of sp³-hybridized carbons (Fsp3) is 0.615. The fourth-order valence-corrected chi connectivity index (χ4v) is 3.28. The molecule has 1 amide bonds. The quantitative estimate of drug-likeness (QED) is 0.841. The maximum atomic E-state index is 11.8. The molecule has 94 valence electrons. The van der Waals surface area contributed by atoms with Gasteiger partial charge in [0.1, 0.15) is 0 Å². The van der Waals surface area contributed by atoms with E-state index in [9.17, 15) is 4.79 Å². The topological polar surface area (TPSA) is 38.3 Å². The lowest BCUT2D eigenvalue weighted by molar-refractivity contribution is 0.0368. The van der Waals surface area contributed by atoms with Crippen LogP contribution < -0.4 is 5.48 Å². The minimum Gasteiger partial charge on any atom is -0.274 e. The molecule has 3 nitrogen and oxygen atoms in total. The molecule has 4 heteroatoms. The van der Waals surface area contributed by atoms with E-state index in [0.29, 0.717) is 6.61 Å². The van der Waals surface area contributed by atoms with Crippen LogP contribution in [0.2, 0.25) is 0 Å². The van der Waals surface area contributed by atoms with Gasteiger partial charge >= 0.3 is 0 Å². The number of rotatable bonds is 3. The van der Waals surface area contributed by atoms with E-state index in [2.05, 4.69) is 5.48 Å². The Morgan fingerprint density at radius 1 is 1.35 bits per heavy atom. The highest BCUT2D eigenvalue weighted by molar-refractivity contribution is 7.14. The number of nitrogens with one attached hydrogen (secondary N) is 1. The summed E-state index contributed by atoms with van der Waals surface area (Å²) in [5, 5.41) is 0. The van der Waals surface area contributed by atoms with Crippen LogP contribution in [-0.2, 0) is 17.7 Å². The summed E-state index contributed by atoms with van der Waals surface area (Å²) in [5.41, 5.74) is 3.83. The molecule has 17 heavy (non-hydrogen) atoms. The van der Waals surface area contributed by atoms with Gasteiger partial charge in [-0.1, -0.05) is 12.8 Å². The van der Waals surface area contributed by atoms with E-state index in [1.54, 1.807) is 11.3 Å². The zero-order valence-electron chi connectivity index (χ0n) is 10.3. The standard InChI is InChI=1S/C13H19NO2S/c1-2-16-14-13(15)12-9-10-7-5-3-4-6-8-11(10)17-12/h9H,2-8H2,1H3,(H,14,15). The summed E-state index contributed by atoms with van der Waals surface area (Å²) in [6, 6.07) is 2.04. The minimum atomic E-state index is -0.108. The molecule has 0 saturated heterocycles. The second-order valence-corrected chi connectivity index (χ2v) is 5.47. The van der Waals surface area contributed by atoms with Crippen LogP contribution in [0, 0.1) is 0 Å². The van der Waals surface area contributed by atoms with Crippen molar-refractivity contribution in [3.05, 3.63) is 21.4 Å². The Kier molecular flexibility index (Phi) is 4.57. The zero-order valence-corrected chi connectivity index (χ0v) is 11.1. The van der Waals surface area contributed by atoms with Gasteiger partial charge in [-0.25, -0.2) is 5.48 Å². The lowest BCUT2D eigenvalue weighted by Gasteiger charge is -2.07. The van der Waals surface area contributed by atoms with Crippen LogP contribution in [0.3, 0.4) is 0 Å². The van der Waals surface area contributed by atoms with Crippen LogP contribution in [0.5, 0.6) is 0 Å². The summed E-state index contributed by atoms with van der Waals surface area (Å²) in [7, 11) is 0. The Balaban J connectivity index is 2.09. The van der Waals surface area contributed by atoms with E-state index >= 15 is 0 Å². The molecule has 1 aromatic heterocycles. The smallest absolute Gasteiger partial charge is 0.274 e. The molecule has 0 unspecified atom stereocenters. The number of hydroxylamine groups is 1. The first kappa shape index (κ1) is 12.6. The van der Waals surface area contributed by atoms with Gasteiger partial charge in [-0.3, -0.25) is 9.63 Å². The number of carbonyl (C=O) groups excluding carboxylic acids is 1. The summed E-state index contributed by atoms with van der Waals surface area (Å²) in [4.78, 5) is 18.9. The van der Waals surface area contributed by atoms with E-state index < -0.39 is 0 Å². The molecule has 1 aliphatic rings. The van der Waals surface area contributed by atoms with Gasteiger partial charge in [0.05, 0.1) is 11.5 Å². The third-order valence-corrected chi connectivity index (χ3v) is 4.27. The summed E-state index contributed by atoms with van der Waals surface area (Å²) in [6.07, 6.45) is 7.37. The van der Waals surface area contributed by atoms with Crippen LogP contribution in [0.15, 0.2) is 6.07 Å². The summed E-state index contributed by atoms with van der Waals surface area (Å²) >= 11 is 1.62. The lowest BCUT2D eigenvalue weighted by Crippen LogP contribution is -2.22. The molecule has 1 aliphatic carbocycles. The molecule has 0 radical (unpaired) electrons. The van der Waals surface area contributed by atoms with Crippen molar-refractivity contribution in [3.63, 3.8) is 0 Å². The van der Waals surface area contributed by atoms with Gasteiger partial charge in [-0.05, 0) is 44.2 Å². The molecular weight excluding hydrogens is 234 g/mol. The van der Waals surface area contributed by atoms with Gasteiger partial charge in [-0.2, -0.15) is 0 Å². The number of carbonyl (C=O) groups is 1. The molecule has 0 aliphatic heterocycles. The van der Waals surface area contributed by atoms with Crippen LogP contribution in [0.4, 0.5) is 0 Å². The van der Waals surface area contributed by atoms with E-state index in [1.807, 2.05) is 13.0 Å². The van der Waals surface area contributed by atoms with Crippen molar-refractivity contribution in [1.82, 2.24) is 5.48 Å². The Morgan fingerprint density at radius 2 is 2.12 bits per heavy atom. The number of fused-ring (bicyclic) bond motifs is 1. The van der Waals surface area contributed by atoms with Gasteiger partial charge in [0.2, 0.25) is 0 Å². The first-order chi connectivity index (χ1) is 8.31. The molecule has 1 heterocycles. The van der Waals surface area contributed by atoms with Crippen LogP contribution >= 0.6 is 11.3 Å². The highest BCUT2D eigenvalue weighted by atomic mass is 32.1. The zero-order chi connectivity index (χ0) is 12.1. The molecule has 1 N–H and O–H groups in total. The highest BCUT2D eigenvalue weighted by Crippen LogP contribution is 2.28. The monoisotopic (exact) mass is 253 g/mol. The van der Waals surface area contributed by atoms with Crippen LogP contribution in [-0.4, -0.2) is 12.5 Å². The average molecular weight is 253 g/mol. The Bertz CT molecular complexity index is 361. The molecule has 0 atom stereocenters. The third-order valence-electron chi connectivity index (χ3n) is 3.03. The van der Waals surface area contributed by atoms with Gasteiger partial charge < -0.3 is 0 Å². The van der Waals surface area contributed by atoms with Crippen LogP contribution in [0.25, 0.3) is 0 Å². The van der Waals surface area contributed by atoms with Crippen molar-refractivity contribution in [2.45, 2.75) is 45.4 Å². The Morgan fingerprint density at radius 3 is 2.88 bits per heavy atom. The SMILES string of the molecule is CCONC(=O)c1cc2c(s1)CCCCCC2. The Labute approximate surface area is 106 Å². The molecule has 0 aromatic carbocycles. The molecule has 2 rings (SSSR count). The summed E-state index contributed by atoms with van der Waals surface area (Å²) < 4.78 is 0. The summed E-state index contributed by atoms with van der Waals surface area (Å²) in [5.74, 6) is -0.108. The molecule has 0 saturated carbocycles. The number of aryl methyl sites for hydroxylation is 2. The first-order valence-electron chi connectivity index (χ1n) is 6.35. The predicted octanol–water partition coefficient (Wildman–Crippen LogP) is 3.09. The Hall–Kier alpha value is -0.870. The van der Waals surface area contributed by atoms with Crippen molar-refractivity contribution in [3.8, 4) is 0 Å². The molecule has 0 spiro atoms. The second-order valence-electron chi connectivity index (χ2n) is 4.34. The normalized spacial score (nSPS) is 15.8. The van der Waals surface area contributed by atoms with E-state index in [1.165, 1.54) is 36.1 Å². The number of thiophene rings is 1. The minimum absolute atomic E-state index is 0.108. The van der Waals surface area contributed by atoms with Gasteiger partial charge in [-0.15, -0.1) is 11.3 Å². The largest absolute Gasteiger partial charge is 0.284 e. The maximum Gasteiger partial charge on any atom is 0.284 e. The van der Waals surface area contributed by atoms with Crippen molar-refractivity contribution in [2.24, 2.45) is 0 Å². The fourth-order valence-electron chi connectivity index (χ4n) is 2.14. The van der Waals surface area contributed by atoms with Gasteiger partial charge in [0.15, 0.2) is 0 Å². The summed E-state index contributed by atoms with van der Waals surface area (Å²) in [6.45, 7) is 2.35. The van der Waals surface area contributed by atoms with E-state index in [-0.39, 0.29) is 5.91 Å². The first-order valence-corrected chi connectivity index (χ1v) is 7.16. The lowest BCUT2D eigenvalue weighted by atomic mass is 10.00. The highest BCUT2D eigenvalue weighted by Gasteiger charge is 2.15. The number of amides is 1. The van der Waals surface area contributed by atoms with Crippen molar-refractivity contribution in [2.75, 3.05) is 6.61 Å². The second kappa shape index (κ2) is 6.17. The number of hydrogen-bond acceptors (Lipinski definition) is 3. The molecular formula is C13H19NO2S. The predicted molar refractivity (Wildman–Crippen MR) is 69.3 cm³/mol. The van der Waals surface area contributed by atoms with Crippen molar-refractivity contribution < 1.29 is 9.63 Å². The third kappa shape index (κ3) is 3.30. The van der Waals surface area contributed by atoms with Crippen molar-refractivity contribution >= 4 is 17.2 Å². The molecule has 1 aromatic rings. The van der Waals surface area contributed by atoms with Crippen molar-refractivity contribution in [1.29, 1.82) is 0 Å². The van der Waals surface area contributed by atoms with Gasteiger partial charge in [0.25, 0.3) is 5.91 Å². The number of hydrogen-bond donors (Lipinski definition) is 1. The average Bonchev–Trinajstić information content (AvgIpc) is 2.68. The van der Waals surface area contributed by atoms with Crippen LogP contribution in [0.1, 0.15) is 52.7 Å². The van der Waals surface area contributed by atoms with E-state index in [0.717, 1.165) is 17.7 Å². The molecule has 0 fully saturated rings.